The molecule has 0 radical (unpaired) electrons. The largest absolute Gasteiger partial charge is 0.496 e. The van der Waals surface area contributed by atoms with Crippen molar-refractivity contribution in [3.05, 3.63) is 64.7 Å². The lowest BCUT2D eigenvalue weighted by Crippen LogP contribution is -2.38. The molecule has 0 aromatic heterocycles. The average Bonchev–Trinajstić information content (AvgIpc) is 2.60. The molecular weight excluding hydrogens is 342 g/mol. The van der Waals surface area contributed by atoms with Crippen molar-refractivity contribution in [2.45, 2.75) is 13.3 Å². The highest BCUT2D eigenvalue weighted by Gasteiger charge is 2.13. The second kappa shape index (κ2) is 8.94. The van der Waals surface area contributed by atoms with Crippen molar-refractivity contribution in [3.8, 4) is 5.75 Å². The van der Waals surface area contributed by atoms with Gasteiger partial charge in [-0.1, -0.05) is 17.7 Å². The van der Waals surface area contributed by atoms with Crippen LogP contribution in [0.4, 0.5) is 8.78 Å². The highest BCUT2D eigenvalue weighted by molar-refractivity contribution is 5.96. The van der Waals surface area contributed by atoms with Crippen LogP contribution >= 0.6 is 0 Å². The van der Waals surface area contributed by atoms with Gasteiger partial charge in [-0.25, -0.2) is 8.78 Å². The van der Waals surface area contributed by atoms with Gasteiger partial charge in [0, 0.05) is 12.6 Å². The van der Waals surface area contributed by atoms with E-state index in [2.05, 4.69) is 10.6 Å². The Morgan fingerprint density at radius 1 is 1.08 bits per heavy atom. The third kappa shape index (κ3) is 5.27. The molecule has 2 aromatic rings. The summed E-state index contributed by atoms with van der Waals surface area (Å²) in [6.07, 6.45) is 0.567. The zero-order chi connectivity index (χ0) is 19.1. The lowest BCUT2D eigenvalue weighted by Gasteiger charge is -2.11. The van der Waals surface area contributed by atoms with Crippen LogP contribution in [-0.2, 0) is 11.2 Å². The van der Waals surface area contributed by atoms with Crippen molar-refractivity contribution in [3.63, 3.8) is 0 Å². The summed E-state index contributed by atoms with van der Waals surface area (Å²) in [4.78, 5) is 23.6. The molecule has 0 heterocycles. The van der Waals surface area contributed by atoms with Crippen LogP contribution in [0.15, 0.2) is 36.4 Å². The Bertz CT molecular complexity index is 809. The summed E-state index contributed by atoms with van der Waals surface area (Å²) in [6, 6.07) is 8.40. The third-order valence-electron chi connectivity index (χ3n) is 3.74. The molecule has 0 unspecified atom stereocenters. The van der Waals surface area contributed by atoms with E-state index in [1.807, 2.05) is 25.1 Å². The van der Waals surface area contributed by atoms with Gasteiger partial charge in [0.1, 0.15) is 17.4 Å². The Morgan fingerprint density at radius 2 is 1.85 bits per heavy atom. The summed E-state index contributed by atoms with van der Waals surface area (Å²) in [7, 11) is 1.58. The second-order valence-corrected chi connectivity index (χ2v) is 5.72. The first-order valence-electron chi connectivity index (χ1n) is 8.04. The van der Waals surface area contributed by atoms with Crippen LogP contribution in [-0.4, -0.2) is 32.0 Å². The molecule has 5 nitrogen and oxygen atoms in total. The highest BCUT2D eigenvalue weighted by atomic mass is 19.1. The molecule has 0 aliphatic heterocycles. The summed E-state index contributed by atoms with van der Waals surface area (Å²) in [5, 5.41) is 4.97. The molecule has 2 N–H and O–H groups in total. The highest BCUT2D eigenvalue weighted by Crippen LogP contribution is 2.19. The zero-order valence-electron chi connectivity index (χ0n) is 14.6. The van der Waals surface area contributed by atoms with E-state index in [9.17, 15) is 18.4 Å². The maximum atomic E-state index is 13.5. The maximum Gasteiger partial charge on any atom is 0.254 e. The molecule has 0 aliphatic rings. The normalized spacial score (nSPS) is 10.3. The molecule has 0 spiro atoms. The Hall–Kier alpha value is -2.96. The van der Waals surface area contributed by atoms with Crippen LogP contribution in [0, 0.1) is 18.6 Å². The smallest absolute Gasteiger partial charge is 0.254 e. The first-order valence-corrected chi connectivity index (χ1v) is 8.04. The van der Waals surface area contributed by atoms with E-state index in [-0.39, 0.29) is 12.1 Å². The summed E-state index contributed by atoms with van der Waals surface area (Å²) < 4.78 is 31.6. The molecular formula is C19H20F2N2O3. The van der Waals surface area contributed by atoms with Crippen molar-refractivity contribution in [1.29, 1.82) is 0 Å². The average molecular weight is 362 g/mol. The second-order valence-electron chi connectivity index (χ2n) is 5.72. The summed E-state index contributed by atoms with van der Waals surface area (Å²) in [5.41, 5.74) is 1.73. The van der Waals surface area contributed by atoms with E-state index in [0.717, 1.165) is 29.0 Å². The van der Waals surface area contributed by atoms with Crippen LogP contribution in [0.3, 0.4) is 0 Å². The zero-order valence-corrected chi connectivity index (χ0v) is 14.6. The third-order valence-corrected chi connectivity index (χ3v) is 3.74. The van der Waals surface area contributed by atoms with E-state index < -0.39 is 23.4 Å². The monoisotopic (exact) mass is 362 g/mol. The van der Waals surface area contributed by atoms with Gasteiger partial charge in [0.2, 0.25) is 5.91 Å². The number of hydrogen-bond acceptors (Lipinski definition) is 3. The Morgan fingerprint density at radius 3 is 2.54 bits per heavy atom. The quantitative estimate of drug-likeness (QED) is 0.795. The fourth-order valence-corrected chi connectivity index (χ4v) is 2.43. The van der Waals surface area contributed by atoms with Crippen LogP contribution in [0.5, 0.6) is 5.75 Å². The molecule has 0 saturated heterocycles. The standard InChI is InChI=1S/C19H20F2N2O3/c1-12-3-6-17(26-2)13(9-12)7-8-22-18(24)11-23-19(25)15-5-4-14(20)10-16(15)21/h3-6,9-10H,7-8,11H2,1-2H3,(H,22,24)(H,23,25). The molecule has 0 aliphatic carbocycles. The van der Waals surface area contributed by atoms with Crippen molar-refractivity contribution in [2.75, 3.05) is 20.2 Å². The Kier molecular flexibility index (Phi) is 6.66. The summed E-state index contributed by atoms with van der Waals surface area (Å²) in [6.45, 7) is 2.02. The molecule has 26 heavy (non-hydrogen) atoms. The van der Waals surface area contributed by atoms with Gasteiger partial charge in [-0.05, 0) is 37.1 Å². The fourth-order valence-electron chi connectivity index (χ4n) is 2.43. The minimum atomic E-state index is -0.977. The van der Waals surface area contributed by atoms with Crippen molar-refractivity contribution < 1.29 is 23.1 Å². The van der Waals surface area contributed by atoms with E-state index in [4.69, 9.17) is 4.74 Å². The van der Waals surface area contributed by atoms with Crippen molar-refractivity contribution in [2.24, 2.45) is 0 Å². The van der Waals surface area contributed by atoms with Crippen LogP contribution in [0.1, 0.15) is 21.5 Å². The Balaban J connectivity index is 1.80. The minimum absolute atomic E-state index is 0.305. The van der Waals surface area contributed by atoms with E-state index in [1.54, 1.807) is 7.11 Å². The number of aryl methyl sites for hydroxylation is 1. The van der Waals surface area contributed by atoms with E-state index >= 15 is 0 Å². The maximum absolute atomic E-state index is 13.5. The molecule has 0 saturated carbocycles. The predicted molar refractivity (Wildman–Crippen MR) is 93.1 cm³/mol. The van der Waals surface area contributed by atoms with E-state index in [1.165, 1.54) is 0 Å². The molecule has 138 valence electrons. The molecule has 0 atom stereocenters. The van der Waals surface area contributed by atoms with E-state index in [0.29, 0.717) is 19.0 Å². The van der Waals surface area contributed by atoms with Gasteiger partial charge in [0.05, 0.1) is 19.2 Å². The number of rotatable bonds is 7. The molecule has 2 rings (SSSR count). The number of halogens is 2. The van der Waals surface area contributed by atoms with Crippen LogP contribution < -0.4 is 15.4 Å². The Labute approximate surface area is 150 Å². The topological polar surface area (TPSA) is 67.4 Å². The lowest BCUT2D eigenvalue weighted by atomic mass is 10.1. The number of carbonyl (C=O) groups is 2. The van der Waals surface area contributed by atoms with Gasteiger partial charge < -0.3 is 15.4 Å². The lowest BCUT2D eigenvalue weighted by molar-refractivity contribution is -0.120. The first kappa shape index (κ1) is 19.4. The molecule has 2 amide bonds. The number of hydrogen-bond donors (Lipinski definition) is 2. The fraction of sp³-hybridized carbons (Fsp3) is 0.263. The van der Waals surface area contributed by atoms with Crippen molar-refractivity contribution in [1.82, 2.24) is 10.6 Å². The van der Waals surface area contributed by atoms with Crippen LogP contribution in [0.2, 0.25) is 0 Å². The summed E-state index contributed by atoms with van der Waals surface area (Å²) in [5.74, 6) is -2.20. The SMILES string of the molecule is COc1ccc(C)cc1CCNC(=O)CNC(=O)c1ccc(F)cc1F. The number of carbonyl (C=O) groups excluding carboxylic acids is 2. The van der Waals surface area contributed by atoms with Crippen molar-refractivity contribution >= 4 is 11.8 Å². The van der Waals surface area contributed by atoms with Gasteiger partial charge in [0.15, 0.2) is 0 Å². The summed E-state index contributed by atoms with van der Waals surface area (Å²) >= 11 is 0. The minimum Gasteiger partial charge on any atom is -0.496 e. The van der Waals surface area contributed by atoms with Gasteiger partial charge >= 0.3 is 0 Å². The first-order chi connectivity index (χ1) is 12.4. The number of methoxy groups -OCH3 is 1. The molecule has 7 heteroatoms. The predicted octanol–water partition coefficient (Wildman–Crippen LogP) is 2.37. The number of ether oxygens (including phenoxy) is 1. The van der Waals surface area contributed by atoms with Gasteiger partial charge in [-0.3, -0.25) is 9.59 Å². The molecule has 0 fully saturated rings. The number of nitrogens with one attached hydrogen (secondary N) is 2. The molecule has 0 bridgehead atoms. The van der Waals surface area contributed by atoms with Crippen LogP contribution in [0.25, 0.3) is 0 Å². The van der Waals surface area contributed by atoms with Gasteiger partial charge in [-0.2, -0.15) is 0 Å². The number of benzene rings is 2. The van der Waals surface area contributed by atoms with Gasteiger partial charge in [-0.15, -0.1) is 0 Å². The van der Waals surface area contributed by atoms with Gasteiger partial charge in [0.25, 0.3) is 5.91 Å². The number of amides is 2. The molecule has 2 aromatic carbocycles.